The number of hydrogen-bond donors (Lipinski definition) is 1. The van der Waals surface area contributed by atoms with Crippen LogP contribution in [0.4, 0.5) is 0 Å². The molecule has 1 aromatic rings. The smallest absolute Gasteiger partial charge is 0.127 e. The number of ether oxygens (including phenoxy) is 2. The second-order valence-electron chi connectivity index (χ2n) is 4.45. The van der Waals surface area contributed by atoms with Crippen molar-refractivity contribution in [1.82, 2.24) is 0 Å². The Morgan fingerprint density at radius 2 is 1.89 bits per heavy atom. The molecule has 2 atom stereocenters. The zero-order chi connectivity index (χ0) is 13.7. The minimum absolute atomic E-state index is 0.00135. The molecule has 0 aromatic heterocycles. The van der Waals surface area contributed by atoms with Gasteiger partial charge in [0, 0.05) is 11.6 Å². The molecule has 2 unspecified atom stereocenters. The topological polar surface area (TPSA) is 62.5 Å². The number of nitrogens with zero attached hydrogens (tertiary/aromatic N) is 1. The van der Waals surface area contributed by atoms with Crippen molar-refractivity contribution < 1.29 is 14.6 Å². The van der Waals surface area contributed by atoms with E-state index in [0.29, 0.717) is 17.1 Å². The van der Waals surface area contributed by atoms with E-state index >= 15 is 0 Å². The molecule has 98 valence electrons. The van der Waals surface area contributed by atoms with Gasteiger partial charge in [-0.05, 0) is 12.0 Å². The normalized spacial score (nSPS) is 13.8. The van der Waals surface area contributed by atoms with Crippen molar-refractivity contribution in [2.24, 2.45) is 5.92 Å². The Hall–Kier alpha value is -1.73. The number of nitriles is 1. The molecule has 1 rings (SSSR count). The van der Waals surface area contributed by atoms with Crippen LogP contribution in [-0.4, -0.2) is 25.4 Å². The molecule has 0 heterocycles. The number of benzene rings is 1. The van der Waals surface area contributed by atoms with Gasteiger partial charge in [0.05, 0.1) is 26.4 Å². The standard InChI is InChI=1S/C14H19NO3/c1-9(2)14(16)12(8-15)11-6-5-10(17-3)7-13(11)18-4/h5-7,9,12,14,16H,1-4H3. The quantitative estimate of drug-likeness (QED) is 0.870. The summed E-state index contributed by atoms with van der Waals surface area (Å²) in [5, 5.41) is 19.3. The number of hydrogen-bond acceptors (Lipinski definition) is 4. The van der Waals surface area contributed by atoms with Gasteiger partial charge in [-0.2, -0.15) is 5.26 Å². The molecule has 0 saturated carbocycles. The zero-order valence-electron chi connectivity index (χ0n) is 11.2. The van der Waals surface area contributed by atoms with Crippen molar-refractivity contribution in [3.8, 4) is 17.6 Å². The highest BCUT2D eigenvalue weighted by atomic mass is 16.5. The Morgan fingerprint density at radius 1 is 1.22 bits per heavy atom. The zero-order valence-corrected chi connectivity index (χ0v) is 11.2. The fraction of sp³-hybridized carbons (Fsp3) is 0.500. The molecule has 4 heteroatoms. The summed E-state index contributed by atoms with van der Waals surface area (Å²) in [6.07, 6.45) is -0.725. The Morgan fingerprint density at radius 3 is 2.33 bits per heavy atom. The van der Waals surface area contributed by atoms with E-state index in [-0.39, 0.29) is 5.92 Å². The van der Waals surface area contributed by atoms with Crippen LogP contribution in [-0.2, 0) is 0 Å². The van der Waals surface area contributed by atoms with Gasteiger partial charge in [0.25, 0.3) is 0 Å². The number of aliphatic hydroxyl groups is 1. The molecule has 0 spiro atoms. The van der Waals surface area contributed by atoms with Crippen LogP contribution < -0.4 is 9.47 Å². The van der Waals surface area contributed by atoms with Gasteiger partial charge in [0.15, 0.2) is 0 Å². The summed E-state index contributed by atoms with van der Waals surface area (Å²) in [5.41, 5.74) is 0.682. The molecule has 4 nitrogen and oxygen atoms in total. The maximum absolute atomic E-state index is 10.1. The SMILES string of the molecule is COc1ccc(C(C#N)C(O)C(C)C)c(OC)c1. The van der Waals surface area contributed by atoms with Crippen LogP contribution in [0.1, 0.15) is 25.3 Å². The summed E-state index contributed by atoms with van der Waals surface area (Å²) in [7, 11) is 3.10. The lowest BCUT2D eigenvalue weighted by Crippen LogP contribution is -2.23. The molecule has 0 aliphatic heterocycles. The average Bonchev–Trinajstić information content (AvgIpc) is 2.39. The van der Waals surface area contributed by atoms with E-state index in [9.17, 15) is 10.4 Å². The van der Waals surface area contributed by atoms with Crippen LogP contribution in [0.2, 0.25) is 0 Å². The van der Waals surface area contributed by atoms with Crippen LogP contribution in [0, 0.1) is 17.2 Å². The Kier molecular flexibility index (Phi) is 4.99. The average molecular weight is 249 g/mol. The highest BCUT2D eigenvalue weighted by Crippen LogP contribution is 2.33. The van der Waals surface area contributed by atoms with E-state index in [4.69, 9.17) is 9.47 Å². The van der Waals surface area contributed by atoms with Gasteiger partial charge in [-0.1, -0.05) is 19.9 Å². The lowest BCUT2D eigenvalue weighted by Gasteiger charge is -2.22. The Bertz CT molecular complexity index is 437. The molecule has 0 bridgehead atoms. The molecule has 0 fully saturated rings. The maximum Gasteiger partial charge on any atom is 0.127 e. The lowest BCUT2D eigenvalue weighted by molar-refractivity contribution is 0.112. The Balaban J connectivity index is 3.18. The highest BCUT2D eigenvalue weighted by molar-refractivity contribution is 5.45. The van der Waals surface area contributed by atoms with Crippen LogP contribution in [0.25, 0.3) is 0 Å². The third kappa shape index (κ3) is 2.93. The number of methoxy groups -OCH3 is 2. The minimum atomic E-state index is -0.725. The largest absolute Gasteiger partial charge is 0.497 e. The van der Waals surface area contributed by atoms with Gasteiger partial charge in [0.2, 0.25) is 0 Å². The molecular formula is C14H19NO3. The summed E-state index contributed by atoms with van der Waals surface area (Å²) in [6.45, 7) is 3.76. The Labute approximate surface area is 108 Å². The fourth-order valence-electron chi connectivity index (χ4n) is 1.79. The monoisotopic (exact) mass is 249 g/mol. The van der Waals surface area contributed by atoms with Crippen molar-refractivity contribution in [1.29, 1.82) is 5.26 Å². The van der Waals surface area contributed by atoms with E-state index in [1.165, 1.54) is 7.11 Å². The first kappa shape index (κ1) is 14.3. The maximum atomic E-state index is 10.1. The van der Waals surface area contributed by atoms with Crippen LogP contribution in [0.5, 0.6) is 11.5 Å². The number of aliphatic hydroxyl groups excluding tert-OH is 1. The minimum Gasteiger partial charge on any atom is -0.497 e. The predicted molar refractivity (Wildman–Crippen MR) is 68.7 cm³/mol. The molecule has 0 saturated heterocycles. The first-order chi connectivity index (χ1) is 8.54. The van der Waals surface area contributed by atoms with Crippen LogP contribution in [0.3, 0.4) is 0 Å². The van der Waals surface area contributed by atoms with Gasteiger partial charge >= 0.3 is 0 Å². The van der Waals surface area contributed by atoms with E-state index < -0.39 is 12.0 Å². The number of rotatable bonds is 5. The predicted octanol–water partition coefficient (Wildman–Crippen LogP) is 2.33. The highest BCUT2D eigenvalue weighted by Gasteiger charge is 2.26. The third-order valence-corrected chi connectivity index (χ3v) is 2.94. The summed E-state index contributed by atoms with van der Waals surface area (Å²) in [4.78, 5) is 0. The second-order valence-corrected chi connectivity index (χ2v) is 4.45. The summed E-state index contributed by atoms with van der Waals surface area (Å²) < 4.78 is 10.4. The van der Waals surface area contributed by atoms with Gasteiger partial charge in [0.1, 0.15) is 17.4 Å². The van der Waals surface area contributed by atoms with Crippen molar-refractivity contribution in [3.63, 3.8) is 0 Å². The third-order valence-electron chi connectivity index (χ3n) is 2.94. The molecule has 0 amide bonds. The van der Waals surface area contributed by atoms with E-state index in [2.05, 4.69) is 6.07 Å². The lowest BCUT2D eigenvalue weighted by atomic mass is 9.88. The van der Waals surface area contributed by atoms with Gasteiger partial charge in [-0.25, -0.2) is 0 Å². The molecule has 0 radical (unpaired) electrons. The molecular weight excluding hydrogens is 230 g/mol. The summed E-state index contributed by atoms with van der Waals surface area (Å²) >= 11 is 0. The van der Waals surface area contributed by atoms with Crippen LogP contribution in [0.15, 0.2) is 18.2 Å². The second kappa shape index (κ2) is 6.27. The van der Waals surface area contributed by atoms with E-state index in [0.717, 1.165) is 0 Å². The van der Waals surface area contributed by atoms with Crippen molar-refractivity contribution in [3.05, 3.63) is 23.8 Å². The van der Waals surface area contributed by atoms with Gasteiger partial charge < -0.3 is 14.6 Å². The summed E-state index contributed by atoms with van der Waals surface area (Å²) in [6, 6.07) is 7.38. The van der Waals surface area contributed by atoms with Crippen molar-refractivity contribution in [2.45, 2.75) is 25.9 Å². The fourth-order valence-corrected chi connectivity index (χ4v) is 1.79. The van der Waals surface area contributed by atoms with E-state index in [1.54, 1.807) is 25.3 Å². The first-order valence-electron chi connectivity index (χ1n) is 5.84. The first-order valence-corrected chi connectivity index (χ1v) is 5.84. The van der Waals surface area contributed by atoms with Gasteiger partial charge in [-0.15, -0.1) is 0 Å². The van der Waals surface area contributed by atoms with Crippen molar-refractivity contribution >= 4 is 0 Å². The molecule has 1 aromatic carbocycles. The molecule has 1 N–H and O–H groups in total. The molecule has 0 aliphatic rings. The van der Waals surface area contributed by atoms with Gasteiger partial charge in [-0.3, -0.25) is 0 Å². The molecule has 18 heavy (non-hydrogen) atoms. The van der Waals surface area contributed by atoms with Crippen LogP contribution >= 0.6 is 0 Å². The summed E-state index contributed by atoms with van der Waals surface area (Å²) in [5.74, 6) is 0.610. The van der Waals surface area contributed by atoms with E-state index in [1.807, 2.05) is 13.8 Å². The van der Waals surface area contributed by atoms with Crippen molar-refractivity contribution in [2.75, 3.05) is 14.2 Å². The molecule has 0 aliphatic carbocycles.